The lowest BCUT2D eigenvalue weighted by molar-refractivity contribution is 0.263. The molecule has 0 amide bonds. The van der Waals surface area contributed by atoms with Crippen LogP contribution >= 0.6 is 11.6 Å². The second kappa shape index (κ2) is 3.39. The van der Waals surface area contributed by atoms with E-state index in [1.54, 1.807) is 0 Å². The Morgan fingerprint density at radius 2 is 2.18 bits per heavy atom. The molecule has 1 aromatic rings. The van der Waals surface area contributed by atoms with E-state index < -0.39 is 0 Å². The zero-order chi connectivity index (χ0) is 11.5. The third kappa shape index (κ3) is 1.26. The van der Waals surface area contributed by atoms with Crippen LogP contribution in [-0.2, 0) is 12.0 Å². The highest BCUT2D eigenvalue weighted by Gasteiger charge is 2.49. The lowest BCUT2D eigenvalue weighted by atomic mass is 9.65. The largest absolute Gasteiger partial charge is 0.369 e. The Bertz CT molecular complexity index is 479. The van der Waals surface area contributed by atoms with Gasteiger partial charge in [-0.25, -0.2) is 0 Å². The van der Waals surface area contributed by atoms with E-state index in [0.29, 0.717) is 5.41 Å². The maximum atomic E-state index is 6.49. The lowest BCUT2D eigenvalue weighted by Gasteiger charge is -2.39. The maximum absolute atomic E-state index is 6.49. The van der Waals surface area contributed by atoms with Crippen LogP contribution in [0.1, 0.15) is 30.4 Å². The van der Waals surface area contributed by atoms with Gasteiger partial charge in [-0.15, -0.1) is 0 Å². The summed E-state index contributed by atoms with van der Waals surface area (Å²) in [5, 5.41) is 4.49. The molecule has 0 saturated heterocycles. The van der Waals surface area contributed by atoms with Gasteiger partial charge in [0.05, 0.1) is 0 Å². The van der Waals surface area contributed by atoms with Gasteiger partial charge >= 0.3 is 0 Å². The molecule has 90 valence electrons. The van der Waals surface area contributed by atoms with E-state index in [2.05, 4.69) is 22.3 Å². The zero-order valence-electron chi connectivity index (χ0n) is 9.93. The Morgan fingerprint density at radius 3 is 2.94 bits per heavy atom. The molecule has 0 atom stereocenters. The summed E-state index contributed by atoms with van der Waals surface area (Å²) < 4.78 is 0. The van der Waals surface area contributed by atoms with E-state index in [4.69, 9.17) is 11.6 Å². The number of benzene rings is 1. The average Bonchev–Trinajstić information content (AvgIpc) is 2.52. The molecule has 2 aliphatic heterocycles. The topological polar surface area (TPSA) is 15.3 Å². The Hall–Kier alpha value is -0.730. The first-order valence-corrected chi connectivity index (χ1v) is 6.96. The Balaban J connectivity index is 1.96. The van der Waals surface area contributed by atoms with Crippen molar-refractivity contribution in [3.05, 3.63) is 28.3 Å². The standard InChI is InChI=1S/C14H17ClN2/c15-11-3-2-10-8-16-6-7-17-9-14(4-1-5-14)12(11)13(10)17/h2-3,16H,1,4-9H2. The molecular formula is C14H17ClN2. The maximum Gasteiger partial charge on any atom is 0.0466 e. The molecule has 1 aromatic carbocycles. The average molecular weight is 249 g/mol. The molecule has 3 aliphatic rings. The summed E-state index contributed by atoms with van der Waals surface area (Å²) >= 11 is 6.49. The molecule has 1 aliphatic carbocycles. The van der Waals surface area contributed by atoms with Gasteiger partial charge < -0.3 is 10.2 Å². The van der Waals surface area contributed by atoms with Gasteiger partial charge in [0.15, 0.2) is 0 Å². The van der Waals surface area contributed by atoms with Crippen LogP contribution in [-0.4, -0.2) is 19.6 Å². The van der Waals surface area contributed by atoms with Gasteiger partial charge in [0, 0.05) is 47.9 Å². The molecule has 0 bridgehead atoms. The number of hydrogen-bond donors (Lipinski definition) is 1. The first-order valence-electron chi connectivity index (χ1n) is 6.58. The van der Waals surface area contributed by atoms with Crippen molar-refractivity contribution in [1.29, 1.82) is 0 Å². The van der Waals surface area contributed by atoms with Crippen LogP contribution in [0.15, 0.2) is 12.1 Å². The van der Waals surface area contributed by atoms with Crippen molar-refractivity contribution in [2.45, 2.75) is 31.2 Å². The van der Waals surface area contributed by atoms with Gasteiger partial charge in [0.1, 0.15) is 0 Å². The first kappa shape index (κ1) is 10.2. The zero-order valence-corrected chi connectivity index (χ0v) is 10.7. The summed E-state index contributed by atoms with van der Waals surface area (Å²) in [7, 11) is 0. The molecule has 2 nitrogen and oxygen atoms in total. The summed E-state index contributed by atoms with van der Waals surface area (Å²) in [6.07, 6.45) is 4.02. The number of fused-ring (bicyclic) bond motifs is 1. The van der Waals surface area contributed by atoms with E-state index in [1.165, 1.54) is 42.6 Å². The number of halogens is 1. The molecular weight excluding hydrogens is 232 g/mol. The van der Waals surface area contributed by atoms with Crippen molar-refractivity contribution in [1.82, 2.24) is 5.32 Å². The van der Waals surface area contributed by atoms with E-state index in [1.807, 2.05) is 0 Å². The minimum Gasteiger partial charge on any atom is -0.369 e. The van der Waals surface area contributed by atoms with Gasteiger partial charge in [0.25, 0.3) is 0 Å². The normalized spacial score (nSPS) is 24.4. The Morgan fingerprint density at radius 1 is 1.29 bits per heavy atom. The predicted molar refractivity (Wildman–Crippen MR) is 70.9 cm³/mol. The molecule has 2 heterocycles. The van der Waals surface area contributed by atoms with Crippen LogP contribution in [0.3, 0.4) is 0 Å². The van der Waals surface area contributed by atoms with Gasteiger partial charge in [0.2, 0.25) is 0 Å². The van der Waals surface area contributed by atoms with Crippen molar-refractivity contribution < 1.29 is 0 Å². The summed E-state index contributed by atoms with van der Waals surface area (Å²) in [5.74, 6) is 0. The van der Waals surface area contributed by atoms with Gasteiger partial charge in [-0.2, -0.15) is 0 Å². The highest BCUT2D eigenvalue weighted by atomic mass is 35.5. The number of nitrogens with one attached hydrogen (secondary N) is 1. The molecule has 1 N–H and O–H groups in total. The molecule has 1 saturated carbocycles. The molecule has 4 rings (SSSR count). The minimum absolute atomic E-state index is 0.403. The van der Waals surface area contributed by atoms with Crippen LogP contribution in [0.25, 0.3) is 0 Å². The van der Waals surface area contributed by atoms with E-state index in [9.17, 15) is 0 Å². The summed E-state index contributed by atoms with van der Waals surface area (Å²) in [4.78, 5) is 2.57. The van der Waals surface area contributed by atoms with Gasteiger partial charge in [-0.05, 0) is 24.5 Å². The first-order chi connectivity index (χ1) is 8.30. The summed E-state index contributed by atoms with van der Waals surface area (Å²) in [5.41, 5.74) is 4.76. The monoisotopic (exact) mass is 248 g/mol. The van der Waals surface area contributed by atoms with Crippen LogP contribution in [0, 0.1) is 0 Å². The molecule has 1 fully saturated rings. The van der Waals surface area contributed by atoms with E-state index in [0.717, 1.165) is 24.7 Å². The summed E-state index contributed by atoms with van der Waals surface area (Å²) in [6, 6.07) is 4.30. The second-order valence-electron chi connectivity index (χ2n) is 5.66. The van der Waals surface area contributed by atoms with Crippen LogP contribution in [0.4, 0.5) is 5.69 Å². The fourth-order valence-corrected chi connectivity index (χ4v) is 4.13. The van der Waals surface area contributed by atoms with Crippen molar-refractivity contribution in [3.63, 3.8) is 0 Å². The van der Waals surface area contributed by atoms with E-state index in [-0.39, 0.29) is 0 Å². The molecule has 1 spiro atoms. The fourth-order valence-electron chi connectivity index (χ4n) is 3.78. The highest BCUT2D eigenvalue weighted by molar-refractivity contribution is 6.32. The second-order valence-corrected chi connectivity index (χ2v) is 6.07. The van der Waals surface area contributed by atoms with Crippen LogP contribution in [0.5, 0.6) is 0 Å². The molecule has 0 aromatic heterocycles. The lowest BCUT2D eigenvalue weighted by Crippen LogP contribution is -2.40. The minimum atomic E-state index is 0.403. The van der Waals surface area contributed by atoms with Crippen LogP contribution < -0.4 is 10.2 Å². The summed E-state index contributed by atoms with van der Waals surface area (Å²) in [6.45, 7) is 4.40. The number of hydrogen-bond acceptors (Lipinski definition) is 2. The number of anilines is 1. The van der Waals surface area contributed by atoms with Gasteiger partial charge in [-0.3, -0.25) is 0 Å². The Labute approximate surface area is 107 Å². The molecule has 17 heavy (non-hydrogen) atoms. The van der Waals surface area contributed by atoms with Crippen molar-refractivity contribution in [3.8, 4) is 0 Å². The SMILES string of the molecule is Clc1ccc2c3c1C1(CCC1)CN3CCNC2. The predicted octanol–water partition coefficient (Wildman–Crippen LogP) is 2.68. The highest BCUT2D eigenvalue weighted by Crippen LogP contribution is 2.56. The van der Waals surface area contributed by atoms with Crippen molar-refractivity contribution >= 4 is 17.3 Å². The fraction of sp³-hybridized carbons (Fsp3) is 0.571. The van der Waals surface area contributed by atoms with E-state index >= 15 is 0 Å². The molecule has 0 radical (unpaired) electrons. The number of rotatable bonds is 0. The quantitative estimate of drug-likeness (QED) is 0.760. The van der Waals surface area contributed by atoms with Crippen LogP contribution in [0.2, 0.25) is 5.02 Å². The van der Waals surface area contributed by atoms with Crippen molar-refractivity contribution in [2.24, 2.45) is 0 Å². The van der Waals surface area contributed by atoms with Gasteiger partial charge in [-0.1, -0.05) is 24.1 Å². The Kier molecular flexibility index (Phi) is 2.04. The number of nitrogens with zero attached hydrogens (tertiary/aromatic N) is 1. The third-order valence-electron chi connectivity index (χ3n) is 4.74. The molecule has 0 unspecified atom stereocenters. The smallest absolute Gasteiger partial charge is 0.0466 e. The van der Waals surface area contributed by atoms with Crippen molar-refractivity contribution in [2.75, 3.05) is 24.5 Å². The third-order valence-corrected chi connectivity index (χ3v) is 5.05. The molecule has 3 heteroatoms.